The number of thiophene rings is 1. The van der Waals surface area contributed by atoms with Gasteiger partial charge < -0.3 is 10.6 Å². The van der Waals surface area contributed by atoms with Crippen LogP contribution < -0.4 is 10.6 Å². The predicted molar refractivity (Wildman–Crippen MR) is 66.4 cm³/mol. The van der Waals surface area contributed by atoms with Crippen molar-refractivity contribution in [2.45, 2.75) is 38.8 Å². The van der Waals surface area contributed by atoms with E-state index in [4.69, 9.17) is 0 Å². The average molecular weight is 224 g/mol. The summed E-state index contributed by atoms with van der Waals surface area (Å²) >= 11 is 1.94. The molecule has 1 aromatic rings. The molecule has 2 N–H and O–H groups in total. The summed E-state index contributed by atoms with van der Waals surface area (Å²) in [5.41, 5.74) is 0. The van der Waals surface area contributed by atoms with Gasteiger partial charge in [-0.3, -0.25) is 0 Å². The van der Waals surface area contributed by atoms with Crippen molar-refractivity contribution in [3.63, 3.8) is 0 Å². The van der Waals surface area contributed by atoms with Crippen LogP contribution in [0.5, 0.6) is 0 Å². The molecule has 1 atom stereocenters. The first kappa shape index (κ1) is 11.1. The fraction of sp³-hybridized carbons (Fsp3) is 0.667. The Balaban J connectivity index is 1.76. The van der Waals surface area contributed by atoms with Crippen molar-refractivity contribution in [1.29, 1.82) is 0 Å². The van der Waals surface area contributed by atoms with Gasteiger partial charge in [-0.05, 0) is 37.9 Å². The normalized spacial score (nSPS) is 21.8. The van der Waals surface area contributed by atoms with Crippen molar-refractivity contribution in [2.24, 2.45) is 0 Å². The molecule has 15 heavy (non-hydrogen) atoms. The summed E-state index contributed by atoms with van der Waals surface area (Å²) in [5.74, 6) is 0. The zero-order valence-electron chi connectivity index (χ0n) is 9.38. The third kappa shape index (κ3) is 3.30. The van der Waals surface area contributed by atoms with E-state index in [0.29, 0.717) is 6.04 Å². The quantitative estimate of drug-likeness (QED) is 0.819. The number of aryl methyl sites for hydroxylation is 1. The van der Waals surface area contributed by atoms with E-state index in [2.05, 4.69) is 29.7 Å². The van der Waals surface area contributed by atoms with E-state index >= 15 is 0 Å². The summed E-state index contributed by atoms with van der Waals surface area (Å²) in [7, 11) is 0. The van der Waals surface area contributed by atoms with Crippen LogP contribution in [0.3, 0.4) is 0 Å². The molecule has 0 amide bonds. The number of piperidine rings is 1. The Labute approximate surface area is 96.1 Å². The second kappa shape index (κ2) is 5.64. The third-order valence-corrected chi connectivity index (χ3v) is 4.16. The molecule has 0 aromatic carbocycles. The molecule has 0 bridgehead atoms. The number of rotatable bonds is 4. The van der Waals surface area contributed by atoms with Crippen molar-refractivity contribution in [3.05, 3.63) is 21.9 Å². The molecule has 2 rings (SSSR count). The Kier molecular flexibility index (Phi) is 4.18. The minimum atomic E-state index is 0.672. The van der Waals surface area contributed by atoms with Crippen LogP contribution in [0.15, 0.2) is 12.1 Å². The molecule has 1 aromatic heterocycles. The summed E-state index contributed by atoms with van der Waals surface area (Å²) in [5, 5.41) is 7.05. The highest BCUT2D eigenvalue weighted by Crippen LogP contribution is 2.17. The van der Waals surface area contributed by atoms with E-state index in [0.717, 1.165) is 19.5 Å². The first-order valence-corrected chi connectivity index (χ1v) is 6.72. The Hall–Kier alpha value is -0.380. The van der Waals surface area contributed by atoms with Crippen molar-refractivity contribution < 1.29 is 0 Å². The summed E-state index contributed by atoms with van der Waals surface area (Å²) in [4.78, 5) is 2.96. The number of hydrogen-bond acceptors (Lipinski definition) is 3. The molecule has 2 nitrogen and oxygen atoms in total. The lowest BCUT2D eigenvalue weighted by molar-refractivity contribution is 0.390. The van der Waals surface area contributed by atoms with Crippen LogP contribution in [0.4, 0.5) is 0 Å². The predicted octanol–water partition coefficient (Wildman–Crippen LogP) is 2.15. The highest BCUT2D eigenvalue weighted by Gasteiger charge is 2.11. The average Bonchev–Trinajstić information content (AvgIpc) is 2.76. The molecule has 0 saturated carbocycles. The molecule has 84 valence electrons. The SMILES string of the molecule is CCc1ccc(CNC2CCCNC2)s1. The first-order valence-electron chi connectivity index (χ1n) is 5.90. The molecular weight excluding hydrogens is 204 g/mol. The van der Waals surface area contributed by atoms with Crippen molar-refractivity contribution in [3.8, 4) is 0 Å². The molecule has 1 aliphatic rings. The zero-order chi connectivity index (χ0) is 10.5. The van der Waals surface area contributed by atoms with E-state index in [-0.39, 0.29) is 0 Å². The molecule has 1 unspecified atom stereocenters. The summed E-state index contributed by atoms with van der Waals surface area (Å²) in [6.07, 6.45) is 3.79. The Morgan fingerprint density at radius 3 is 3.00 bits per heavy atom. The van der Waals surface area contributed by atoms with Crippen LogP contribution in [-0.4, -0.2) is 19.1 Å². The van der Waals surface area contributed by atoms with Gasteiger partial charge in [0.15, 0.2) is 0 Å². The molecule has 3 heteroatoms. The van der Waals surface area contributed by atoms with E-state index in [1.54, 1.807) is 0 Å². The maximum Gasteiger partial charge on any atom is 0.0302 e. The van der Waals surface area contributed by atoms with Crippen molar-refractivity contribution in [2.75, 3.05) is 13.1 Å². The van der Waals surface area contributed by atoms with Gasteiger partial charge in [0.05, 0.1) is 0 Å². The molecular formula is C12H20N2S. The van der Waals surface area contributed by atoms with E-state index < -0.39 is 0 Å². The standard InChI is InChI=1S/C12H20N2S/c1-2-11-5-6-12(15-11)9-14-10-4-3-7-13-8-10/h5-6,10,13-14H,2-4,7-9H2,1H3. The monoisotopic (exact) mass is 224 g/mol. The minimum Gasteiger partial charge on any atom is -0.315 e. The van der Waals surface area contributed by atoms with Crippen LogP contribution in [-0.2, 0) is 13.0 Å². The third-order valence-electron chi connectivity index (χ3n) is 2.93. The topological polar surface area (TPSA) is 24.1 Å². The fourth-order valence-corrected chi connectivity index (χ4v) is 2.89. The summed E-state index contributed by atoms with van der Waals surface area (Å²) in [6.45, 7) is 5.58. The largest absolute Gasteiger partial charge is 0.315 e. The molecule has 0 radical (unpaired) electrons. The maximum atomic E-state index is 3.62. The van der Waals surface area contributed by atoms with Crippen LogP contribution in [0.25, 0.3) is 0 Å². The molecule has 0 aliphatic carbocycles. The van der Waals surface area contributed by atoms with Gasteiger partial charge in [0.2, 0.25) is 0 Å². The Morgan fingerprint density at radius 2 is 2.33 bits per heavy atom. The van der Waals surface area contributed by atoms with Crippen molar-refractivity contribution >= 4 is 11.3 Å². The van der Waals surface area contributed by atoms with Crippen LogP contribution >= 0.6 is 11.3 Å². The summed E-state index contributed by atoms with van der Waals surface area (Å²) in [6, 6.07) is 5.18. The number of nitrogens with one attached hydrogen (secondary N) is 2. The molecule has 2 heterocycles. The van der Waals surface area contributed by atoms with Crippen LogP contribution in [0, 0.1) is 0 Å². The van der Waals surface area contributed by atoms with Gasteiger partial charge >= 0.3 is 0 Å². The molecule has 1 saturated heterocycles. The summed E-state index contributed by atoms with van der Waals surface area (Å²) < 4.78 is 0. The Morgan fingerprint density at radius 1 is 1.47 bits per heavy atom. The highest BCUT2D eigenvalue weighted by molar-refractivity contribution is 7.11. The molecule has 1 aliphatic heterocycles. The fourth-order valence-electron chi connectivity index (χ4n) is 1.98. The highest BCUT2D eigenvalue weighted by atomic mass is 32.1. The lowest BCUT2D eigenvalue weighted by Gasteiger charge is -2.23. The van der Waals surface area contributed by atoms with E-state index in [1.165, 1.54) is 29.1 Å². The van der Waals surface area contributed by atoms with E-state index in [1.807, 2.05) is 11.3 Å². The van der Waals surface area contributed by atoms with Crippen LogP contribution in [0.2, 0.25) is 0 Å². The smallest absolute Gasteiger partial charge is 0.0302 e. The maximum absolute atomic E-state index is 3.62. The molecule has 0 spiro atoms. The van der Waals surface area contributed by atoms with Gasteiger partial charge in [-0.2, -0.15) is 0 Å². The van der Waals surface area contributed by atoms with Gasteiger partial charge in [-0.25, -0.2) is 0 Å². The lowest BCUT2D eigenvalue weighted by atomic mass is 10.1. The van der Waals surface area contributed by atoms with Gasteiger partial charge in [0.25, 0.3) is 0 Å². The van der Waals surface area contributed by atoms with Crippen LogP contribution in [0.1, 0.15) is 29.5 Å². The zero-order valence-corrected chi connectivity index (χ0v) is 10.2. The first-order chi connectivity index (χ1) is 7.38. The van der Waals surface area contributed by atoms with Gasteiger partial charge in [0, 0.05) is 28.9 Å². The van der Waals surface area contributed by atoms with Gasteiger partial charge in [0.1, 0.15) is 0 Å². The lowest BCUT2D eigenvalue weighted by Crippen LogP contribution is -2.42. The Bertz CT molecular complexity index is 290. The molecule has 1 fully saturated rings. The second-order valence-electron chi connectivity index (χ2n) is 4.15. The van der Waals surface area contributed by atoms with Gasteiger partial charge in [-0.1, -0.05) is 6.92 Å². The van der Waals surface area contributed by atoms with Gasteiger partial charge in [-0.15, -0.1) is 11.3 Å². The van der Waals surface area contributed by atoms with Crippen molar-refractivity contribution in [1.82, 2.24) is 10.6 Å². The number of hydrogen-bond donors (Lipinski definition) is 2. The van der Waals surface area contributed by atoms with E-state index in [9.17, 15) is 0 Å². The minimum absolute atomic E-state index is 0.672. The second-order valence-corrected chi connectivity index (χ2v) is 5.40.